The number of allylic oxidation sites excluding steroid dienone is 1. The van der Waals surface area contributed by atoms with Gasteiger partial charge in [0.05, 0.1) is 5.92 Å². The van der Waals surface area contributed by atoms with E-state index in [0.29, 0.717) is 16.3 Å². The second-order valence-electron chi connectivity index (χ2n) is 6.81. The van der Waals surface area contributed by atoms with Gasteiger partial charge in [-0.3, -0.25) is 4.79 Å². The highest BCUT2D eigenvalue weighted by Crippen LogP contribution is 2.44. The molecule has 4 rings (SSSR count). The average molecular weight is 437 g/mol. The summed E-state index contributed by atoms with van der Waals surface area (Å²) in [6, 6.07) is 17.5. The molecule has 0 fully saturated rings. The molecule has 1 aliphatic heterocycles. The number of hydrogen-bond donors (Lipinski definition) is 2. The second-order valence-corrected chi connectivity index (χ2v) is 7.24. The van der Waals surface area contributed by atoms with Crippen LogP contribution in [0.25, 0.3) is 0 Å². The fourth-order valence-electron chi connectivity index (χ4n) is 3.37. The van der Waals surface area contributed by atoms with Gasteiger partial charge < -0.3 is 24.7 Å². The lowest BCUT2D eigenvalue weighted by Crippen LogP contribution is -2.25. The molecule has 7 nitrogen and oxygen atoms in total. The molecular formula is C23H17ClN2O5. The standard InChI is InChI=1S/C23H17ClN2O5/c24-14-7-5-13(6-8-14)12-29-19-4-2-1-3-16(19)20-17(10-25)23(26)31-21-18(28)9-15(11-27)30-22(20)21/h1-9,20,27H,11-12,26H2/t20-/m0/s1. The van der Waals surface area contributed by atoms with Crippen molar-refractivity contribution in [3.63, 3.8) is 0 Å². The highest BCUT2D eigenvalue weighted by Gasteiger charge is 2.36. The molecule has 0 saturated heterocycles. The van der Waals surface area contributed by atoms with E-state index in [4.69, 9.17) is 31.2 Å². The van der Waals surface area contributed by atoms with Crippen molar-refractivity contribution in [2.75, 3.05) is 0 Å². The van der Waals surface area contributed by atoms with E-state index in [-0.39, 0.29) is 35.3 Å². The fourth-order valence-corrected chi connectivity index (χ4v) is 3.49. The number of nitriles is 1. The van der Waals surface area contributed by atoms with E-state index in [1.165, 1.54) is 0 Å². The predicted octanol–water partition coefficient (Wildman–Crippen LogP) is 3.58. The van der Waals surface area contributed by atoms with Gasteiger partial charge in [-0.2, -0.15) is 5.26 Å². The van der Waals surface area contributed by atoms with Gasteiger partial charge >= 0.3 is 0 Å². The Hall–Kier alpha value is -3.73. The highest BCUT2D eigenvalue weighted by atomic mass is 35.5. The summed E-state index contributed by atoms with van der Waals surface area (Å²) in [5.74, 6) is -0.524. The number of fused-ring (bicyclic) bond motifs is 1. The van der Waals surface area contributed by atoms with Crippen LogP contribution in [0, 0.1) is 11.3 Å². The van der Waals surface area contributed by atoms with Crippen LogP contribution in [0.1, 0.15) is 28.6 Å². The summed E-state index contributed by atoms with van der Waals surface area (Å²) in [6.07, 6.45) is 0. The van der Waals surface area contributed by atoms with Crippen LogP contribution in [-0.4, -0.2) is 5.11 Å². The molecule has 3 N–H and O–H groups in total. The summed E-state index contributed by atoms with van der Waals surface area (Å²) in [5.41, 5.74) is 6.99. The second kappa shape index (κ2) is 8.56. The zero-order valence-electron chi connectivity index (χ0n) is 16.2. The molecule has 0 amide bonds. The minimum Gasteiger partial charge on any atom is -0.489 e. The van der Waals surface area contributed by atoms with Crippen LogP contribution in [0.4, 0.5) is 0 Å². The number of aliphatic hydroxyl groups excluding tert-OH is 1. The number of halogens is 1. The summed E-state index contributed by atoms with van der Waals surface area (Å²) in [5, 5.41) is 19.8. The molecule has 1 atom stereocenters. The molecule has 8 heteroatoms. The van der Waals surface area contributed by atoms with E-state index < -0.39 is 18.0 Å². The van der Waals surface area contributed by atoms with Gasteiger partial charge in [0.15, 0.2) is 5.76 Å². The van der Waals surface area contributed by atoms with Gasteiger partial charge in [0.1, 0.15) is 36.4 Å². The molecule has 0 aliphatic carbocycles. The summed E-state index contributed by atoms with van der Waals surface area (Å²) in [7, 11) is 0. The number of aliphatic hydroxyl groups is 1. The molecule has 1 aliphatic rings. The number of hydrogen-bond acceptors (Lipinski definition) is 7. The smallest absolute Gasteiger partial charge is 0.228 e. The maximum atomic E-state index is 12.5. The van der Waals surface area contributed by atoms with Crippen molar-refractivity contribution in [3.8, 4) is 17.6 Å². The first-order valence-electron chi connectivity index (χ1n) is 9.33. The van der Waals surface area contributed by atoms with Crippen LogP contribution in [0.15, 0.2) is 75.3 Å². The van der Waals surface area contributed by atoms with Gasteiger partial charge in [-0.1, -0.05) is 41.9 Å². The zero-order chi connectivity index (χ0) is 22.0. The first-order chi connectivity index (χ1) is 15.0. The average Bonchev–Trinajstić information content (AvgIpc) is 2.78. The van der Waals surface area contributed by atoms with Crippen molar-refractivity contribution in [2.45, 2.75) is 19.1 Å². The van der Waals surface area contributed by atoms with Gasteiger partial charge in [-0.05, 0) is 23.8 Å². The Labute approximate surface area is 182 Å². The number of ether oxygens (including phenoxy) is 2. The monoisotopic (exact) mass is 436 g/mol. The Bertz CT molecular complexity index is 1260. The van der Waals surface area contributed by atoms with Crippen molar-refractivity contribution in [1.82, 2.24) is 0 Å². The molecule has 1 aromatic heterocycles. The Balaban J connectivity index is 1.80. The van der Waals surface area contributed by atoms with Gasteiger partial charge in [0.2, 0.25) is 17.1 Å². The lowest BCUT2D eigenvalue weighted by atomic mass is 9.87. The Kier molecular flexibility index (Phi) is 5.67. The molecule has 31 heavy (non-hydrogen) atoms. The molecule has 2 heterocycles. The maximum absolute atomic E-state index is 12.5. The van der Waals surface area contributed by atoms with E-state index in [9.17, 15) is 15.2 Å². The van der Waals surface area contributed by atoms with Crippen molar-refractivity contribution in [1.29, 1.82) is 5.26 Å². The Morgan fingerprint density at radius 1 is 1.19 bits per heavy atom. The van der Waals surface area contributed by atoms with Gasteiger partial charge in [0.25, 0.3) is 0 Å². The first-order valence-corrected chi connectivity index (χ1v) is 9.71. The van der Waals surface area contributed by atoms with Crippen molar-refractivity contribution in [3.05, 3.63) is 104 Å². The molecule has 3 aromatic rings. The van der Waals surface area contributed by atoms with E-state index in [1.807, 2.05) is 18.2 Å². The molecule has 0 unspecified atom stereocenters. The van der Waals surface area contributed by atoms with Gasteiger partial charge in [0, 0.05) is 16.7 Å². The molecule has 0 saturated carbocycles. The number of para-hydroxylation sites is 1. The number of rotatable bonds is 5. The van der Waals surface area contributed by atoms with Crippen molar-refractivity contribution >= 4 is 11.6 Å². The number of benzene rings is 2. The molecule has 156 valence electrons. The summed E-state index contributed by atoms with van der Waals surface area (Å²) >= 11 is 5.93. The van der Waals surface area contributed by atoms with Crippen LogP contribution >= 0.6 is 11.6 Å². The number of nitrogens with two attached hydrogens (primary N) is 1. The highest BCUT2D eigenvalue weighted by molar-refractivity contribution is 6.30. The third-order valence-corrected chi connectivity index (χ3v) is 5.07. The van der Waals surface area contributed by atoms with E-state index >= 15 is 0 Å². The molecule has 2 aromatic carbocycles. The topological polar surface area (TPSA) is 119 Å². The van der Waals surface area contributed by atoms with Crippen molar-refractivity contribution in [2.24, 2.45) is 5.73 Å². The van der Waals surface area contributed by atoms with Crippen molar-refractivity contribution < 1.29 is 19.0 Å². The lowest BCUT2D eigenvalue weighted by molar-refractivity contribution is 0.231. The Morgan fingerprint density at radius 3 is 2.65 bits per heavy atom. The summed E-state index contributed by atoms with van der Waals surface area (Å²) < 4.78 is 17.1. The van der Waals surface area contributed by atoms with Gasteiger partial charge in [-0.25, -0.2) is 0 Å². The quantitative estimate of drug-likeness (QED) is 0.627. The van der Waals surface area contributed by atoms with Crippen LogP contribution in [0.2, 0.25) is 5.02 Å². The first kappa shape index (κ1) is 20.5. The third kappa shape index (κ3) is 3.99. The third-order valence-electron chi connectivity index (χ3n) is 4.82. The molecule has 0 radical (unpaired) electrons. The van der Waals surface area contributed by atoms with Crippen LogP contribution in [0.3, 0.4) is 0 Å². The van der Waals surface area contributed by atoms with E-state index in [2.05, 4.69) is 0 Å². The minimum atomic E-state index is -0.839. The number of nitrogens with zero attached hydrogens (tertiary/aromatic N) is 1. The lowest BCUT2D eigenvalue weighted by Gasteiger charge is -2.26. The molecular weight excluding hydrogens is 420 g/mol. The van der Waals surface area contributed by atoms with E-state index in [0.717, 1.165) is 11.6 Å². The van der Waals surface area contributed by atoms with Crippen LogP contribution < -0.4 is 20.6 Å². The fraction of sp³-hybridized carbons (Fsp3) is 0.130. The zero-order valence-corrected chi connectivity index (χ0v) is 16.9. The van der Waals surface area contributed by atoms with E-state index in [1.54, 1.807) is 36.4 Å². The molecule has 0 spiro atoms. The Morgan fingerprint density at radius 2 is 1.94 bits per heavy atom. The summed E-state index contributed by atoms with van der Waals surface area (Å²) in [6.45, 7) is -0.225. The summed E-state index contributed by atoms with van der Waals surface area (Å²) in [4.78, 5) is 12.5. The van der Waals surface area contributed by atoms with Crippen LogP contribution in [-0.2, 0) is 13.2 Å². The predicted molar refractivity (Wildman–Crippen MR) is 112 cm³/mol. The van der Waals surface area contributed by atoms with Crippen LogP contribution in [0.5, 0.6) is 11.5 Å². The normalized spacial score (nSPS) is 15.1. The molecule has 0 bridgehead atoms. The SMILES string of the molecule is N#CC1=C(N)Oc2c(oc(CO)cc2=O)[C@H]1c1ccccc1OCc1ccc(Cl)cc1. The maximum Gasteiger partial charge on any atom is 0.228 e. The minimum absolute atomic E-state index is 0.0506. The van der Waals surface area contributed by atoms with Gasteiger partial charge in [-0.15, -0.1) is 0 Å². The largest absolute Gasteiger partial charge is 0.489 e.